The number of nitrogens with zero attached hydrogens (tertiary/aromatic N) is 1. The third-order valence-electron chi connectivity index (χ3n) is 3.16. The highest BCUT2D eigenvalue weighted by Crippen LogP contribution is 2.14. The molecule has 0 amide bonds. The fourth-order valence-electron chi connectivity index (χ4n) is 2.43. The van der Waals surface area contributed by atoms with Gasteiger partial charge in [-0.1, -0.05) is 0 Å². The van der Waals surface area contributed by atoms with Crippen LogP contribution in [0.5, 0.6) is 0 Å². The summed E-state index contributed by atoms with van der Waals surface area (Å²) in [4.78, 5) is 0. The van der Waals surface area contributed by atoms with Gasteiger partial charge in [0.1, 0.15) is 5.76 Å². The van der Waals surface area contributed by atoms with Gasteiger partial charge in [-0.25, -0.2) is 0 Å². The van der Waals surface area contributed by atoms with Gasteiger partial charge in [-0.2, -0.15) is 17.4 Å². The summed E-state index contributed by atoms with van der Waals surface area (Å²) in [6, 6.07) is 3.41. The van der Waals surface area contributed by atoms with Crippen molar-refractivity contribution in [2.75, 3.05) is 13.1 Å². The van der Waals surface area contributed by atoms with Crippen molar-refractivity contribution >= 4 is 10.2 Å². The first-order chi connectivity index (χ1) is 9.37. The van der Waals surface area contributed by atoms with Crippen LogP contribution < -0.4 is 4.72 Å². The molecule has 0 bridgehead atoms. The average Bonchev–Trinajstić information content (AvgIpc) is 2.79. The van der Waals surface area contributed by atoms with E-state index in [2.05, 4.69) is 4.72 Å². The van der Waals surface area contributed by atoms with Crippen molar-refractivity contribution in [2.24, 2.45) is 0 Å². The number of rotatable bonds is 5. The number of furan rings is 1. The SMILES string of the molecule is C[C@H](Cc1ccco1)NS(=O)(=O)N1C[C@@H](C)O[C@H](C)C1. The van der Waals surface area contributed by atoms with Crippen LogP contribution in [0.15, 0.2) is 22.8 Å². The summed E-state index contributed by atoms with van der Waals surface area (Å²) in [5, 5.41) is 0. The molecule has 0 aliphatic carbocycles. The minimum atomic E-state index is -3.49. The van der Waals surface area contributed by atoms with Gasteiger partial charge in [0.25, 0.3) is 10.2 Å². The molecule has 20 heavy (non-hydrogen) atoms. The standard InChI is InChI=1S/C13H22N2O4S/c1-10(7-13-5-4-6-18-13)14-20(16,17)15-8-11(2)19-12(3)9-15/h4-6,10-12,14H,7-9H2,1-3H3/t10-,11-,12-/m1/s1. The summed E-state index contributed by atoms with van der Waals surface area (Å²) in [6.07, 6.45) is 1.94. The molecule has 6 nitrogen and oxygen atoms in total. The van der Waals surface area contributed by atoms with Crippen LogP contribution in [0.2, 0.25) is 0 Å². The molecule has 2 heterocycles. The topological polar surface area (TPSA) is 71.8 Å². The molecule has 1 saturated heterocycles. The van der Waals surface area contributed by atoms with E-state index in [1.165, 1.54) is 4.31 Å². The largest absolute Gasteiger partial charge is 0.469 e. The second kappa shape index (κ2) is 6.26. The van der Waals surface area contributed by atoms with Crippen LogP contribution in [0.1, 0.15) is 26.5 Å². The van der Waals surface area contributed by atoms with Crippen molar-refractivity contribution in [1.29, 1.82) is 0 Å². The first-order valence-electron chi connectivity index (χ1n) is 6.82. The van der Waals surface area contributed by atoms with Crippen LogP contribution >= 0.6 is 0 Å². The zero-order valence-electron chi connectivity index (χ0n) is 12.1. The predicted molar refractivity (Wildman–Crippen MR) is 75.5 cm³/mol. The predicted octanol–water partition coefficient (Wildman–Crippen LogP) is 1.15. The summed E-state index contributed by atoms with van der Waals surface area (Å²) in [5.41, 5.74) is 0. The summed E-state index contributed by atoms with van der Waals surface area (Å²) in [6.45, 7) is 6.35. The van der Waals surface area contributed by atoms with Gasteiger partial charge in [0.05, 0.1) is 18.5 Å². The second-order valence-electron chi connectivity index (χ2n) is 5.38. The van der Waals surface area contributed by atoms with Gasteiger partial charge in [0, 0.05) is 25.6 Å². The zero-order chi connectivity index (χ0) is 14.8. The van der Waals surface area contributed by atoms with Gasteiger partial charge >= 0.3 is 0 Å². The van der Waals surface area contributed by atoms with E-state index < -0.39 is 10.2 Å². The Morgan fingerprint density at radius 1 is 1.40 bits per heavy atom. The van der Waals surface area contributed by atoms with E-state index in [9.17, 15) is 8.42 Å². The smallest absolute Gasteiger partial charge is 0.279 e. The van der Waals surface area contributed by atoms with Crippen LogP contribution in [-0.4, -0.2) is 44.1 Å². The first kappa shape index (κ1) is 15.5. The first-order valence-corrected chi connectivity index (χ1v) is 8.26. The molecule has 1 aromatic heterocycles. The lowest BCUT2D eigenvalue weighted by Gasteiger charge is -2.34. The Morgan fingerprint density at radius 2 is 2.05 bits per heavy atom. The van der Waals surface area contributed by atoms with E-state index in [4.69, 9.17) is 9.15 Å². The van der Waals surface area contributed by atoms with E-state index in [0.717, 1.165) is 5.76 Å². The third kappa shape index (κ3) is 4.05. The van der Waals surface area contributed by atoms with Crippen molar-refractivity contribution in [1.82, 2.24) is 9.03 Å². The molecule has 0 spiro atoms. The molecule has 0 unspecified atom stereocenters. The Hall–Kier alpha value is -0.890. The van der Waals surface area contributed by atoms with Gasteiger partial charge in [0.15, 0.2) is 0 Å². The molecule has 1 N–H and O–H groups in total. The quantitative estimate of drug-likeness (QED) is 0.886. The number of hydrogen-bond donors (Lipinski definition) is 1. The molecule has 114 valence electrons. The lowest BCUT2D eigenvalue weighted by molar-refractivity contribution is -0.0444. The maximum atomic E-state index is 12.3. The number of nitrogens with one attached hydrogen (secondary N) is 1. The van der Waals surface area contributed by atoms with Crippen molar-refractivity contribution in [3.8, 4) is 0 Å². The molecule has 7 heteroatoms. The molecule has 1 aromatic rings. The lowest BCUT2D eigenvalue weighted by Crippen LogP contribution is -2.53. The normalized spacial score (nSPS) is 26.6. The Morgan fingerprint density at radius 3 is 2.60 bits per heavy atom. The van der Waals surface area contributed by atoms with E-state index in [0.29, 0.717) is 19.5 Å². The van der Waals surface area contributed by atoms with E-state index in [1.807, 2.05) is 26.8 Å². The lowest BCUT2D eigenvalue weighted by atomic mass is 10.2. The molecule has 1 aliphatic rings. The highest BCUT2D eigenvalue weighted by Gasteiger charge is 2.31. The third-order valence-corrected chi connectivity index (χ3v) is 4.84. The number of morpholine rings is 1. The molecular formula is C13H22N2O4S. The second-order valence-corrected chi connectivity index (χ2v) is 7.08. The Bertz CT molecular complexity index is 504. The van der Waals surface area contributed by atoms with E-state index in [-0.39, 0.29) is 18.2 Å². The highest BCUT2D eigenvalue weighted by molar-refractivity contribution is 7.87. The summed E-state index contributed by atoms with van der Waals surface area (Å²) in [7, 11) is -3.49. The number of ether oxygens (including phenoxy) is 1. The monoisotopic (exact) mass is 302 g/mol. The fraction of sp³-hybridized carbons (Fsp3) is 0.692. The Kier molecular flexibility index (Phi) is 4.85. The van der Waals surface area contributed by atoms with Crippen LogP contribution in [0.3, 0.4) is 0 Å². The summed E-state index contributed by atoms with van der Waals surface area (Å²) >= 11 is 0. The van der Waals surface area contributed by atoms with Crippen LogP contribution in [0, 0.1) is 0 Å². The molecule has 1 fully saturated rings. The van der Waals surface area contributed by atoms with Crippen molar-refractivity contribution in [3.05, 3.63) is 24.2 Å². The fourth-order valence-corrected chi connectivity index (χ4v) is 3.98. The van der Waals surface area contributed by atoms with Gasteiger partial charge in [-0.15, -0.1) is 0 Å². The highest BCUT2D eigenvalue weighted by atomic mass is 32.2. The Labute approximate surface area is 120 Å². The van der Waals surface area contributed by atoms with Crippen molar-refractivity contribution in [2.45, 2.75) is 45.4 Å². The molecule has 1 aliphatic heterocycles. The number of hydrogen-bond acceptors (Lipinski definition) is 4. The molecule has 3 atom stereocenters. The van der Waals surface area contributed by atoms with E-state index in [1.54, 1.807) is 12.3 Å². The minimum Gasteiger partial charge on any atom is -0.469 e. The van der Waals surface area contributed by atoms with Gasteiger partial charge < -0.3 is 9.15 Å². The molecule has 0 radical (unpaired) electrons. The zero-order valence-corrected chi connectivity index (χ0v) is 12.9. The summed E-state index contributed by atoms with van der Waals surface area (Å²) < 4.78 is 39.6. The van der Waals surface area contributed by atoms with Gasteiger partial charge in [-0.05, 0) is 32.9 Å². The molecular weight excluding hydrogens is 280 g/mol. The summed E-state index contributed by atoms with van der Waals surface area (Å²) in [5.74, 6) is 0.768. The van der Waals surface area contributed by atoms with Gasteiger partial charge in [0.2, 0.25) is 0 Å². The van der Waals surface area contributed by atoms with Crippen LogP contribution in [-0.2, 0) is 21.4 Å². The molecule has 0 saturated carbocycles. The van der Waals surface area contributed by atoms with Gasteiger partial charge in [-0.3, -0.25) is 0 Å². The van der Waals surface area contributed by atoms with Crippen molar-refractivity contribution in [3.63, 3.8) is 0 Å². The maximum Gasteiger partial charge on any atom is 0.279 e. The van der Waals surface area contributed by atoms with Crippen LogP contribution in [0.4, 0.5) is 0 Å². The van der Waals surface area contributed by atoms with E-state index >= 15 is 0 Å². The minimum absolute atomic E-state index is 0.0873. The molecule has 0 aromatic carbocycles. The van der Waals surface area contributed by atoms with Crippen LogP contribution in [0.25, 0.3) is 0 Å². The van der Waals surface area contributed by atoms with Crippen molar-refractivity contribution < 1.29 is 17.6 Å². The molecule has 2 rings (SSSR count). The maximum absolute atomic E-state index is 12.3. The Balaban J connectivity index is 1.96. The average molecular weight is 302 g/mol.